The minimum atomic E-state index is -2.35. The lowest BCUT2D eigenvalue weighted by Gasteiger charge is -2.13. The van der Waals surface area contributed by atoms with Crippen LogP contribution in [0.25, 0.3) is 0 Å². The minimum absolute atomic E-state index is 0. The first kappa shape index (κ1) is 18.2. The fraction of sp³-hybridized carbons (Fsp3) is 0.500. The third-order valence-corrected chi connectivity index (χ3v) is 1.65. The van der Waals surface area contributed by atoms with Crippen molar-refractivity contribution in [3.8, 4) is 0 Å². The number of rotatable bonds is 7. The van der Waals surface area contributed by atoms with Crippen molar-refractivity contribution in [2.45, 2.75) is 25.0 Å². The molecule has 0 heterocycles. The third-order valence-electron chi connectivity index (χ3n) is 1.65. The molecular weight excluding hydrogens is 252 g/mol. The number of ether oxygens (including phenoxy) is 1. The lowest BCUT2D eigenvalue weighted by atomic mass is 10.2. The van der Waals surface area contributed by atoms with Crippen molar-refractivity contribution in [1.82, 2.24) is 6.15 Å². The molecule has 0 saturated heterocycles. The first-order valence-electron chi connectivity index (χ1n) is 4.39. The maximum atomic E-state index is 11.1. The summed E-state index contributed by atoms with van der Waals surface area (Å²) < 4.78 is 4.11. The van der Waals surface area contributed by atoms with Crippen LogP contribution >= 0.6 is 0 Å². The maximum Gasteiger partial charge on any atom is 0.356 e. The number of nitrogens with two attached hydrogens (primary N) is 1. The van der Waals surface area contributed by atoms with Gasteiger partial charge in [-0.3, -0.25) is 9.59 Å². The summed E-state index contributed by atoms with van der Waals surface area (Å²) in [6.07, 6.45) is -3.04. The molecular formula is C8H14N2O8. The molecule has 18 heavy (non-hydrogen) atoms. The van der Waals surface area contributed by atoms with Crippen LogP contribution in [0.15, 0.2) is 0 Å². The third kappa shape index (κ3) is 6.40. The maximum absolute atomic E-state index is 11.1. The number of carbonyl (C=O) groups is 4. The van der Waals surface area contributed by atoms with Crippen LogP contribution in [0.2, 0.25) is 0 Å². The van der Waals surface area contributed by atoms with Gasteiger partial charge in [0.15, 0.2) is 0 Å². The molecule has 0 radical (unpaired) electrons. The molecule has 0 aliphatic heterocycles. The van der Waals surface area contributed by atoms with Crippen molar-refractivity contribution >= 4 is 23.9 Å². The fourth-order valence-electron chi connectivity index (χ4n) is 0.807. The summed E-state index contributed by atoms with van der Waals surface area (Å²) in [6, 6.07) is -1.38. The van der Waals surface area contributed by atoms with Gasteiger partial charge in [-0.2, -0.15) is 0 Å². The summed E-state index contributed by atoms with van der Waals surface area (Å²) in [4.78, 5) is 42.0. The highest BCUT2D eigenvalue weighted by molar-refractivity contribution is 5.98. The number of hydrogen-bond acceptors (Lipinski definition) is 7. The van der Waals surface area contributed by atoms with Crippen LogP contribution in [-0.4, -0.2) is 51.3 Å². The van der Waals surface area contributed by atoms with E-state index >= 15 is 0 Å². The Labute approximate surface area is 101 Å². The predicted octanol–water partition coefficient (Wildman–Crippen LogP) is -1.58. The largest absolute Gasteiger partial charge is 0.481 e. The van der Waals surface area contributed by atoms with Crippen molar-refractivity contribution < 1.29 is 39.2 Å². The zero-order chi connectivity index (χ0) is 13.6. The van der Waals surface area contributed by atoms with E-state index in [-0.39, 0.29) is 12.6 Å². The molecule has 1 unspecified atom stereocenters. The van der Waals surface area contributed by atoms with Gasteiger partial charge in [-0.15, -0.1) is 0 Å². The topological polar surface area (TPSA) is 199 Å². The Morgan fingerprint density at radius 3 is 1.83 bits per heavy atom. The lowest BCUT2D eigenvalue weighted by Crippen LogP contribution is -2.41. The van der Waals surface area contributed by atoms with Crippen molar-refractivity contribution in [2.75, 3.05) is 0 Å². The number of esters is 1. The fourth-order valence-corrected chi connectivity index (χ4v) is 0.807. The van der Waals surface area contributed by atoms with Crippen LogP contribution in [0.1, 0.15) is 12.8 Å². The predicted molar refractivity (Wildman–Crippen MR) is 55.0 cm³/mol. The molecule has 0 aromatic rings. The summed E-state index contributed by atoms with van der Waals surface area (Å²) in [7, 11) is 0. The molecule has 0 aromatic heterocycles. The summed E-state index contributed by atoms with van der Waals surface area (Å²) >= 11 is 0. The average molecular weight is 266 g/mol. The molecule has 10 nitrogen and oxygen atoms in total. The number of aliphatic carboxylic acids is 3. The average Bonchev–Trinajstić information content (AvgIpc) is 2.20. The van der Waals surface area contributed by atoms with Gasteiger partial charge in [0.1, 0.15) is 6.04 Å². The van der Waals surface area contributed by atoms with Gasteiger partial charge in [0.05, 0.1) is 0 Å². The molecule has 0 amide bonds. The summed E-state index contributed by atoms with van der Waals surface area (Å²) in [5, 5.41) is 25.1. The van der Waals surface area contributed by atoms with E-state index in [1.54, 1.807) is 0 Å². The van der Waals surface area contributed by atoms with Crippen LogP contribution in [0, 0.1) is 0 Å². The van der Waals surface area contributed by atoms with Crippen molar-refractivity contribution in [3.05, 3.63) is 0 Å². The molecule has 0 saturated carbocycles. The highest BCUT2D eigenvalue weighted by Gasteiger charge is 2.32. The lowest BCUT2D eigenvalue weighted by molar-refractivity contribution is -0.175. The monoisotopic (exact) mass is 266 g/mol. The zero-order valence-corrected chi connectivity index (χ0v) is 9.24. The van der Waals surface area contributed by atoms with E-state index in [9.17, 15) is 19.2 Å². The molecule has 10 heteroatoms. The second-order valence-electron chi connectivity index (χ2n) is 3.03. The van der Waals surface area contributed by atoms with Gasteiger partial charge in [0, 0.05) is 6.42 Å². The van der Waals surface area contributed by atoms with Crippen LogP contribution in [0.4, 0.5) is 0 Å². The Morgan fingerprint density at radius 1 is 1.06 bits per heavy atom. The standard InChI is InChI=1S/C8H11NO8.H3N/c9-3(1-2-4(10)11)8(16)17-5(6(12)13)7(14)15;/h3,5H,1-2,9H2,(H,10,11)(H,12,13)(H,14,15);1H3. The first-order valence-corrected chi connectivity index (χ1v) is 4.39. The number of carbonyl (C=O) groups excluding carboxylic acids is 1. The number of hydrogen-bond donors (Lipinski definition) is 5. The van der Waals surface area contributed by atoms with Crippen LogP contribution in [0.5, 0.6) is 0 Å². The van der Waals surface area contributed by atoms with E-state index in [1.807, 2.05) is 0 Å². The molecule has 0 bridgehead atoms. The van der Waals surface area contributed by atoms with E-state index in [0.717, 1.165) is 0 Å². The molecule has 0 fully saturated rings. The summed E-state index contributed by atoms with van der Waals surface area (Å²) in [6.45, 7) is 0. The van der Waals surface area contributed by atoms with Gasteiger partial charge in [-0.1, -0.05) is 0 Å². The molecule has 0 aliphatic carbocycles. The van der Waals surface area contributed by atoms with E-state index in [4.69, 9.17) is 21.1 Å². The van der Waals surface area contributed by atoms with Crippen LogP contribution < -0.4 is 11.9 Å². The molecule has 0 aromatic carbocycles. The van der Waals surface area contributed by atoms with Gasteiger partial charge >= 0.3 is 23.9 Å². The summed E-state index contributed by atoms with van der Waals surface area (Å²) in [5.41, 5.74) is 5.19. The number of carboxylic acid groups (broad SMARTS) is 3. The van der Waals surface area contributed by atoms with Gasteiger partial charge in [0.2, 0.25) is 0 Å². The molecule has 0 aliphatic rings. The zero-order valence-electron chi connectivity index (χ0n) is 9.24. The van der Waals surface area contributed by atoms with Crippen molar-refractivity contribution in [3.63, 3.8) is 0 Å². The Balaban J connectivity index is 0. The Kier molecular flexibility index (Phi) is 8.05. The SMILES string of the molecule is N.NC(CCC(=O)O)C(=O)OC(C(=O)O)C(=O)O. The molecule has 0 spiro atoms. The quantitative estimate of drug-likeness (QED) is 0.264. The first-order chi connectivity index (χ1) is 7.75. The smallest absolute Gasteiger partial charge is 0.356 e. The van der Waals surface area contributed by atoms with E-state index in [0.29, 0.717) is 0 Å². The highest BCUT2D eigenvalue weighted by atomic mass is 16.6. The Hall–Kier alpha value is -2.20. The van der Waals surface area contributed by atoms with E-state index < -0.39 is 42.4 Å². The molecule has 0 rings (SSSR count). The summed E-state index contributed by atoms with van der Waals surface area (Å²) in [5.74, 6) is -6.17. The van der Waals surface area contributed by atoms with Gasteiger partial charge in [0.25, 0.3) is 6.10 Å². The van der Waals surface area contributed by atoms with E-state index in [1.165, 1.54) is 0 Å². The van der Waals surface area contributed by atoms with Crippen LogP contribution in [0.3, 0.4) is 0 Å². The molecule has 1 atom stereocenters. The molecule has 8 N–H and O–H groups in total. The molecule has 104 valence electrons. The van der Waals surface area contributed by atoms with Crippen molar-refractivity contribution in [1.29, 1.82) is 0 Å². The van der Waals surface area contributed by atoms with Gasteiger partial charge in [-0.25, -0.2) is 9.59 Å². The van der Waals surface area contributed by atoms with Gasteiger partial charge < -0.3 is 31.9 Å². The number of carboxylic acids is 3. The minimum Gasteiger partial charge on any atom is -0.481 e. The Bertz CT molecular complexity index is 328. The van der Waals surface area contributed by atoms with Crippen LogP contribution in [-0.2, 0) is 23.9 Å². The normalized spacial score (nSPS) is 11.2. The van der Waals surface area contributed by atoms with Gasteiger partial charge in [-0.05, 0) is 6.42 Å². The highest BCUT2D eigenvalue weighted by Crippen LogP contribution is 2.01. The van der Waals surface area contributed by atoms with Crippen molar-refractivity contribution in [2.24, 2.45) is 5.73 Å². The second-order valence-corrected chi connectivity index (χ2v) is 3.03. The second kappa shape index (κ2) is 7.97. The van der Waals surface area contributed by atoms with E-state index in [2.05, 4.69) is 4.74 Å². The Morgan fingerprint density at radius 2 is 1.50 bits per heavy atom.